The molecule has 2 aromatic heterocycles. The number of pyridine rings is 1. The van der Waals surface area contributed by atoms with Crippen LogP contribution in [0.25, 0.3) is 10.3 Å². The van der Waals surface area contributed by atoms with E-state index in [2.05, 4.69) is 37.1 Å². The van der Waals surface area contributed by atoms with E-state index in [1.165, 1.54) is 29.0 Å². The maximum Gasteiger partial charge on any atom is 0.187 e. The van der Waals surface area contributed by atoms with Crippen molar-refractivity contribution < 1.29 is 5.11 Å². The maximum atomic E-state index is 9.40. The van der Waals surface area contributed by atoms with Gasteiger partial charge in [0.15, 0.2) is 5.13 Å². The molecule has 21 heavy (non-hydrogen) atoms. The quantitative estimate of drug-likeness (QED) is 0.832. The molecule has 4 nitrogen and oxygen atoms in total. The van der Waals surface area contributed by atoms with E-state index in [4.69, 9.17) is 4.98 Å². The smallest absolute Gasteiger partial charge is 0.187 e. The van der Waals surface area contributed by atoms with E-state index in [1.54, 1.807) is 6.92 Å². The highest BCUT2D eigenvalue weighted by atomic mass is 32.1. The summed E-state index contributed by atoms with van der Waals surface area (Å²) in [5, 5.41) is 13.1. The van der Waals surface area contributed by atoms with Crippen LogP contribution < -0.4 is 5.32 Å². The number of fused-ring (bicyclic) bond motifs is 2. The van der Waals surface area contributed by atoms with Crippen LogP contribution in [-0.2, 0) is 12.8 Å². The van der Waals surface area contributed by atoms with E-state index in [9.17, 15) is 5.11 Å². The SMILES string of the molecule is CC(O)Nc1nc2cc3c(nc2s1)CCC(C(C)(C)C)C3. The number of nitrogens with one attached hydrogen (secondary N) is 1. The molecule has 0 saturated heterocycles. The number of aromatic nitrogens is 2. The third-order valence-electron chi connectivity index (χ3n) is 4.31. The summed E-state index contributed by atoms with van der Waals surface area (Å²) in [7, 11) is 0. The van der Waals surface area contributed by atoms with Crippen molar-refractivity contribution in [2.75, 3.05) is 5.32 Å². The van der Waals surface area contributed by atoms with Gasteiger partial charge in [0.25, 0.3) is 0 Å². The molecule has 0 bridgehead atoms. The molecule has 2 unspecified atom stereocenters. The molecule has 1 aliphatic carbocycles. The molecule has 0 radical (unpaired) electrons. The minimum Gasteiger partial charge on any atom is -0.374 e. The van der Waals surface area contributed by atoms with E-state index in [-0.39, 0.29) is 0 Å². The molecule has 2 atom stereocenters. The number of anilines is 1. The van der Waals surface area contributed by atoms with Crippen molar-refractivity contribution in [3.05, 3.63) is 17.3 Å². The van der Waals surface area contributed by atoms with Crippen LogP contribution in [-0.4, -0.2) is 21.3 Å². The zero-order valence-electron chi connectivity index (χ0n) is 13.1. The van der Waals surface area contributed by atoms with Crippen LogP contribution in [0, 0.1) is 11.3 Å². The second-order valence-corrected chi connectivity index (χ2v) is 8.04. The van der Waals surface area contributed by atoms with Gasteiger partial charge in [0, 0.05) is 5.69 Å². The van der Waals surface area contributed by atoms with Gasteiger partial charge in [-0.05, 0) is 49.1 Å². The van der Waals surface area contributed by atoms with Gasteiger partial charge in [-0.2, -0.15) is 0 Å². The zero-order valence-corrected chi connectivity index (χ0v) is 13.9. The Balaban J connectivity index is 1.94. The summed E-state index contributed by atoms with van der Waals surface area (Å²) in [4.78, 5) is 10.3. The van der Waals surface area contributed by atoms with Gasteiger partial charge in [-0.15, -0.1) is 0 Å². The minimum absolute atomic E-state index is 0.341. The lowest BCUT2D eigenvalue weighted by Gasteiger charge is -2.34. The van der Waals surface area contributed by atoms with Crippen LogP contribution in [0.3, 0.4) is 0 Å². The molecule has 0 amide bonds. The van der Waals surface area contributed by atoms with E-state index < -0.39 is 6.23 Å². The highest BCUT2D eigenvalue weighted by molar-refractivity contribution is 7.21. The molecule has 0 aromatic carbocycles. The van der Waals surface area contributed by atoms with Gasteiger partial charge in [-0.3, -0.25) is 0 Å². The van der Waals surface area contributed by atoms with Crippen molar-refractivity contribution in [2.45, 2.75) is 53.2 Å². The topological polar surface area (TPSA) is 58.0 Å². The summed E-state index contributed by atoms with van der Waals surface area (Å²) in [5.74, 6) is 0.706. The Hall–Kier alpha value is -1.20. The molecular formula is C16H23N3OS. The van der Waals surface area contributed by atoms with Gasteiger partial charge < -0.3 is 10.4 Å². The number of aliphatic hydroxyl groups excluding tert-OH is 1. The van der Waals surface area contributed by atoms with Gasteiger partial charge in [0.05, 0.1) is 0 Å². The molecule has 0 fully saturated rings. The van der Waals surface area contributed by atoms with Crippen molar-refractivity contribution in [1.29, 1.82) is 0 Å². The number of nitrogens with zero attached hydrogens (tertiary/aromatic N) is 2. The van der Waals surface area contributed by atoms with Crippen molar-refractivity contribution >= 4 is 26.8 Å². The van der Waals surface area contributed by atoms with Crippen LogP contribution in [0.1, 0.15) is 45.4 Å². The number of hydrogen-bond acceptors (Lipinski definition) is 5. The fourth-order valence-corrected chi connectivity index (χ4v) is 3.91. The molecule has 5 heteroatoms. The fourth-order valence-electron chi connectivity index (χ4n) is 2.99. The average molecular weight is 305 g/mol. The molecule has 0 aliphatic heterocycles. The summed E-state index contributed by atoms with van der Waals surface area (Å²) >= 11 is 1.51. The Bertz CT molecular complexity index is 657. The first-order valence-electron chi connectivity index (χ1n) is 7.57. The summed E-state index contributed by atoms with van der Waals surface area (Å²) in [5.41, 5.74) is 3.86. The number of hydrogen-bond donors (Lipinski definition) is 2. The van der Waals surface area contributed by atoms with Gasteiger partial charge in [0.1, 0.15) is 16.6 Å². The van der Waals surface area contributed by atoms with Gasteiger partial charge in [-0.1, -0.05) is 32.1 Å². The Morgan fingerprint density at radius 2 is 2.14 bits per heavy atom. The highest BCUT2D eigenvalue weighted by Gasteiger charge is 2.29. The average Bonchev–Trinajstić information content (AvgIpc) is 2.73. The van der Waals surface area contributed by atoms with Gasteiger partial charge in [0.2, 0.25) is 0 Å². The standard InChI is InChI=1S/C16H23N3OS/c1-9(20)17-15-19-13-8-10-7-11(16(2,3)4)5-6-12(10)18-14(13)21-15/h8-9,11,20H,5-7H2,1-4H3,(H,17,19). The lowest BCUT2D eigenvalue weighted by atomic mass is 9.71. The molecule has 2 aromatic rings. The first kappa shape index (κ1) is 14.7. The molecular weight excluding hydrogens is 282 g/mol. The predicted octanol–water partition coefficient (Wildman–Crippen LogP) is 3.59. The summed E-state index contributed by atoms with van der Waals surface area (Å²) < 4.78 is 0. The van der Waals surface area contributed by atoms with Gasteiger partial charge >= 0.3 is 0 Å². The van der Waals surface area contributed by atoms with E-state index in [1.807, 2.05) is 0 Å². The molecule has 1 aliphatic rings. The normalized spacial score (nSPS) is 20.3. The Morgan fingerprint density at radius 1 is 1.38 bits per heavy atom. The van der Waals surface area contributed by atoms with Crippen molar-refractivity contribution in [2.24, 2.45) is 11.3 Å². The number of aliphatic hydroxyl groups is 1. The monoisotopic (exact) mass is 305 g/mol. The third-order valence-corrected chi connectivity index (χ3v) is 5.20. The molecule has 0 saturated carbocycles. The predicted molar refractivity (Wildman–Crippen MR) is 87.7 cm³/mol. The lowest BCUT2D eigenvalue weighted by Crippen LogP contribution is -2.27. The second-order valence-electron chi connectivity index (χ2n) is 7.06. The van der Waals surface area contributed by atoms with Crippen LogP contribution in [0.4, 0.5) is 5.13 Å². The summed E-state index contributed by atoms with van der Waals surface area (Å²) in [6.45, 7) is 8.66. The first-order chi connectivity index (χ1) is 9.83. The maximum absolute atomic E-state index is 9.40. The highest BCUT2D eigenvalue weighted by Crippen LogP contribution is 2.38. The summed E-state index contributed by atoms with van der Waals surface area (Å²) in [6, 6.07) is 2.19. The van der Waals surface area contributed by atoms with Crippen molar-refractivity contribution in [3.8, 4) is 0 Å². The number of rotatable bonds is 2. The van der Waals surface area contributed by atoms with Crippen LogP contribution in [0.5, 0.6) is 0 Å². The van der Waals surface area contributed by atoms with Crippen LogP contribution >= 0.6 is 11.3 Å². The largest absolute Gasteiger partial charge is 0.374 e. The zero-order chi connectivity index (χ0) is 15.2. The van der Waals surface area contributed by atoms with E-state index in [0.717, 1.165) is 28.3 Å². The number of aryl methyl sites for hydroxylation is 1. The lowest BCUT2D eigenvalue weighted by molar-refractivity contribution is 0.215. The molecule has 114 valence electrons. The number of thiazole rings is 1. The molecule has 2 N–H and O–H groups in total. The molecule has 2 heterocycles. The van der Waals surface area contributed by atoms with Crippen molar-refractivity contribution in [1.82, 2.24) is 9.97 Å². The third kappa shape index (κ3) is 3.04. The first-order valence-corrected chi connectivity index (χ1v) is 8.38. The molecule has 3 rings (SSSR count). The Kier molecular flexibility index (Phi) is 3.66. The minimum atomic E-state index is -0.592. The Morgan fingerprint density at radius 3 is 2.81 bits per heavy atom. The van der Waals surface area contributed by atoms with E-state index in [0.29, 0.717) is 11.3 Å². The van der Waals surface area contributed by atoms with Crippen LogP contribution in [0.15, 0.2) is 6.07 Å². The van der Waals surface area contributed by atoms with E-state index >= 15 is 0 Å². The summed E-state index contributed by atoms with van der Waals surface area (Å²) in [6.07, 6.45) is 2.78. The van der Waals surface area contributed by atoms with Gasteiger partial charge in [-0.25, -0.2) is 9.97 Å². The fraction of sp³-hybridized carbons (Fsp3) is 0.625. The van der Waals surface area contributed by atoms with Crippen LogP contribution in [0.2, 0.25) is 0 Å². The second kappa shape index (κ2) is 5.21. The van der Waals surface area contributed by atoms with Crippen molar-refractivity contribution in [3.63, 3.8) is 0 Å². The Labute approximate surface area is 129 Å². The molecule has 0 spiro atoms.